The molecular formula is C14H22N2. The Kier molecular flexibility index (Phi) is 5.06. The molecule has 0 unspecified atom stereocenters. The van der Waals surface area contributed by atoms with Crippen LogP contribution in [0.1, 0.15) is 43.3 Å². The molecule has 0 fully saturated rings. The second-order valence-corrected chi connectivity index (χ2v) is 3.54. The van der Waals surface area contributed by atoms with Gasteiger partial charge in [-0.05, 0) is 31.5 Å². The number of allylic oxidation sites excluding steroid dienone is 1. The zero-order valence-electron chi connectivity index (χ0n) is 10.6. The topological polar surface area (TPSA) is 27.8 Å². The summed E-state index contributed by atoms with van der Waals surface area (Å²) in [4.78, 5) is 3.40. The summed E-state index contributed by atoms with van der Waals surface area (Å²) < 4.78 is 0. The van der Waals surface area contributed by atoms with Gasteiger partial charge < -0.3 is 10.3 Å². The average molecular weight is 218 g/mol. The van der Waals surface area contributed by atoms with Crippen LogP contribution in [0.15, 0.2) is 12.7 Å². The minimum Gasteiger partial charge on any atom is -0.357 e. The Balaban J connectivity index is 0.000000606. The first-order valence-corrected chi connectivity index (χ1v) is 6.06. The van der Waals surface area contributed by atoms with Gasteiger partial charge in [-0.25, -0.2) is 0 Å². The summed E-state index contributed by atoms with van der Waals surface area (Å²) in [7, 11) is 0. The van der Waals surface area contributed by atoms with Gasteiger partial charge in [0.2, 0.25) is 0 Å². The van der Waals surface area contributed by atoms with Crippen LogP contribution in [-0.2, 0) is 13.0 Å². The molecule has 0 saturated carbocycles. The normalized spacial score (nSPS) is 14.2. The van der Waals surface area contributed by atoms with Gasteiger partial charge in [0.05, 0.1) is 0 Å². The smallest absolute Gasteiger partial charge is 0.0453 e. The third kappa shape index (κ3) is 2.45. The van der Waals surface area contributed by atoms with E-state index in [1.54, 1.807) is 0 Å². The molecule has 0 aromatic carbocycles. The highest BCUT2D eigenvalue weighted by Gasteiger charge is 2.16. The SMILES string of the molecule is C=Cc1[nH]c2c(c1/C=C\C)CCNC2.CC. The lowest BCUT2D eigenvalue weighted by atomic mass is 10.0. The van der Waals surface area contributed by atoms with E-state index in [9.17, 15) is 0 Å². The minimum atomic E-state index is 0.952. The van der Waals surface area contributed by atoms with Crippen molar-refractivity contribution in [1.29, 1.82) is 0 Å². The Hall–Kier alpha value is -1.28. The number of aromatic amines is 1. The van der Waals surface area contributed by atoms with Crippen molar-refractivity contribution in [3.05, 3.63) is 35.2 Å². The molecule has 1 aromatic rings. The van der Waals surface area contributed by atoms with Crippen molar-refractivity contribution < 1.29 is 0 Å². The second kappa shape index (κ2) is 6.33. The maximum Gasteiger partial charge on any atom is 0.0453 e. The Morgan fingerprint density at radius 1 is 1.31 bits per heavy atom. The molecule has 2 heteroatoms. The van der Waals surface area contributed by atoms with Gasteiger partial charge in [-0.1, -0.05) is 32.6 Å². The fraction of sp³-hybridized carbons (Fsp3) is 0.429. The van der Waals surface area contributed by atoms with Crippen LogP contribution < -0.4 is 5.32 Å². The molecule has 1 aliphatic heterocycles. The summed E-state index contributed by atoms with van der Waals surface area (Å²) in [6, 6.07) is 0. The van der Waals surface area contributed by atoms with Crippen LogP contribution in [0.4, 0.5) is 0 Å². The number of hydrogen-bond donors (Lipinski definition) is 2. The number of aromatic nitrogens is 1. The summed E-state index contributed by atoms with van der Waals surface area (Å²) in [6.45, 7) is 11.9. The van der Waals surface area contributed by atoms with E-state index in [1.165, 1.54) is 16.8 Å². The Morgan fingerprint density at radius 2 is 2.06 bits per heavy atom. The molecule has 0 bridgehead atoms. The predicted octanol–water partition coefficient (Wildman–Crippen LogP) is 3.36. The summed E-state index contributed by atoms with van der Waals surface area (Å²) in [6.07, 6.45) is 7.25. The zero-order valence-corrected chi connectivity index (χ0v) is 10.6. The highest BCUT2D eigenvalue weighted by atomic mass is 14.9. The first-order chi connectivity index (χ1) is 7.86. The van der Waals surface area contributed by atoms with Gasteiger partial charge in [-0.2, -0.15) is 0 Å². The molecular weight excluding hydrogens is 196 g/mol. The summed E-state index contributed by atoms with van der Waals surface area (Å²) >= 11 is 0. The van der Waals surface area contributed by atoms with Crippen LogP contribution in [0.25, 0.3) is 12.2 Å². The maximum absolute atomic E-state index is 3.83. The van der Waals surface area contributed by atoms with Crippen molar-refractivity contribution in [3.8, 4) is 0 Å². The van der Waals surface area contributed by atoms with Crippen molar-refractivity contribution in [2.75, 3.05) is 6.54 Å². The molecule has 1 aliphatic rings. The van der Waals surface area contributed by atoms with Crippen LogP contribution in [0.2, 0.25) is 0 Å². The maximum atomic E-state index is 3.83. The second-order valence-electron chi connectivity index (χ2n) is 3.54. The van der Waals surface area contributed by atoms with E-state index < -0.39 is 0 Å². The standard InChI is InChI=1S/C12H16N2.C2H6/c1-3-5-9-10-6-7-13-8-12(10)14-11(9)4-2;1-2/h3-5,13-14H,2,6-8H2,1H3;1-2H3/b5-3-;. The van der Waals surface area contributed by atoms with Gasteiger partial charge in [-0.15, -0.1) is 0 Å². The lowest BCUT2D eigenvalue weighted by Gasteiger charge is -2.12. The summed E-state index contributed by atoms with van der Waals surface area (Å²) in [5, 5.41) is 3.36. The van der Waals surface area contributed by atoms with E-state index >= 15 is 0 Å². The van der Waals surface area contributed by atoms with Gasteiger partial charge >= 0.3 is 0 Å². The van der Waals surface area contributed by atoms with E-state index in [-0.39, 0.29) is 0 Å². The molecule has 2 N–H and O–H groups in total. The average Bonchev–Trinajstić information content (AvgIpc) is 2.71. The van der Waals surface area contributed by atoms with Crippen molar-refractivity contribution in [1.82, 2.24) is 10.3 Å². The highest BCUT2D eigenvalue weighted by molar-refractivity contribution is 5.67. The number of hydrogen-bond acceptors (Lipinski definition) is 1. The van der Waals surface area contributed by atoms with Gasteiger partial charge in [0.15, 0.2) is 0 Å². The predicted molar refractivity (Wildman–Crippen MR) is 72.4 cm³/mol. The molecule has 0 spiro atoms. The van der Waals surface area contributed by atoms with Crippen molar-refractivity contribution in [2.45, 2.75) is 33.7 Å². The van der Waals surface area contributed by atoms with Gasteiger partial charge in [0, 0.05) is 23.5 Å². The molecule has 0 saturated heterocycles. The molecule has 0 atom stereocenters. The molecule has 2 rings (SSSR count). The van der Waals surface area contributed by atoms with Gasteiger partial charge in [0.25, 0.3) is 0 Å². The molecule has 2 nitrogen and oxygen atoms in total. The van der Waals surface area contributed by atoms with Crippen LogP contribution in [0.3, 0.4) is 0 Å². The molecule has 0 amide bonds. The van der Waals surface area contributed by atoms with Crippen LogP contribution in [-0.4, -0.2) is 11.5 Å². The number of H-pyrrole nitrogens is 1. The van der Waals surface area contributed by atoms with Crippen molar-refractivity contribution in [3.63, 3.8) is 0 Å². The third-order valence-electron chi connectivity index (χ3n) is 2.66. The van der Waals surface area contributed by atoms with E-state index in [1.807, 2.05) is 26.8 Å². The molecule has 16 heavy (non-hydrogen) atoms. The minimum absolute atomic E-state index is 0.952. The molecule has 2 heterocycles. The fourth-order valence-corrected chi connectivity index (χ4v) is 2.01. The summed E-state index contributed by atoms with van der Waals surface area (Å²) in [5.74, 6) is 0. The third-order valence-corrected chi connectivity index (χ3v) is 2.66. The van der Waals surface area contributed by atoms with E-state index in [2.05, 4.69) is 29.0 Å². The van der Waals surface area contributed by atoms with Gasteiger partial charge in [0.1, 0.15) is 0 Å². The Bertz CT molecular complexity index is 372. The van der Waals surface area contributed by atoms with Crippen molar-refractivity contribution in [2.24, 2.45) is 0 Å². The molecule has 88 valence electrons. The highest BCUT2D eigenvalue weighted by Crippen LogP contribution is 2.24. The van der Waals surface area contributed by atoms with Crippen molar-refractivity contribution >= 4 is 12.2 Å². The van der Waals surface area contributed by atoms with Crippen LogP contribution in [0, 0.1) is 0 Å². The molecule has 0 aliphatic carbocycles. The van der Waals surface area contributed by atoms with Crippen LogP contribution in [0.5, 0.6) is 0 Å². The zero-order chi connectivity index (χ0) is 12.0. The number of rotatable bonds is 2. The van der Waals surface area contributed by atoms with Crippen LogP contribution >= 0.6 is 0 Å². The first kappa shape index (κ1) is 12.8. The lowest BCUT2D eigenvalue weighted by molar-refractivity contribution is 0.634. The Morgan fingerprint density at radius 3 is 2.69 bits per heavy atom. The lowest BCUT2D eigenvalue weighted by Crippen LogP contribution is -2.23. The number of fused-ring (bicyclic) bond motifs is 1. The van der Waals surface area contributed by atoms with E-state index in [0.29, 0.717) is 0 Å². The molecule has 0 radical (unpaired) electrons. The van der Waals surface area contributed by atoms with E-state index in [0.717, 1.165) is 25.2 Å². The summed E-state index contributed by atoms with van der Waals surface area (Å²) in [5.41, 5.74) is 5.24. The largest absolute Gasteiger partial charge is 0.357 e. The fourth-order valence-electron chi connectivity index (χ4n) is 2.01. The molecule has 1 aromatic heterocycles. The Labute approximate surface area is 98.5 Å². The monoisotopic (exact) mass is 218 g/mol. The first-order valence-electron chi connectivity index (χ1n) is 6.06. The van der Waals surface area contributed by atoms with E-state index in [4.69, 9.17) is 0 Å². The van der Waals surface area contributed by atoms with Gasteiger partial charge in [-0.3, -0.25) is 0 Å². The number of nitrogens with one attached hydrogen (secondary N) is 2. The quantitative estimate of drug-likeness (QED) is 0.782.